The molecule has 3 amide bonds. The molecule has 4 N–H and O–H groups in total. The van der Waals surface area contributed by atoms with E-state index in [1.807, 2.05) is 13.0 Å². The van der Waals surface area contributed by atoms with E-state index in [9.17, 15) is 19.1 Å². The molecule has 0 unspecified atom stereocenters. The third kappa shape index (κ3) is 5.53. The van der Waals surface area contributed by atoms with Crippen molar-refractivity contribution in [3.63, 3.8) is 0 Å². The summed E-state index contributed by atoms with van der Waals surface area (Å²) in [5, 5.41) is 20.2. The van der Waals surface area contributed by atoms with Crippen LogP contribution in [0.15, 0.2) is 47.1 Å². The number of aliphatic hydroxyl groups excluding tert-OH is 1. The highest BCUT2D eigenvalue weighted by Crippen LogP contribution is 2.55. The van der Waals surface area contributed by atoms with E-state index in [-0.39, 0.29) is 47.1 Å². The molecule has 35 heavy (non-hydrogen) atoms. The van der Waals surface area contributed by atoms with Gasteiger partial charge in [-0.1, -0.05) is 26.8 Å². The third-order valence-corrected chi connectivity index (χ3v) is 8.36. The van der Waals surface area contributed by atoms with Crippen LogP contribution in [0.2, 0.25) is 0 Å². The minimum atomic E-state index is -0.649. The number of nitrogens with one attached hydrogen (secondary N) is 3. The van der Waals surface area contributed by atoms with Gasteiger partial charge in [0.2, 0.25) is 5.91 Å². The molecule has 7 atom stereocenters. The summed E-state index contributed by atoms with van der Waals surface area (Å²) in [6.07, 6.45) is 4.33. The molecule has 0 aliphatic heterocycles. The quantitative estimate of drug-likeness (QED) is 0.477. The lowest BCUT2D eigenvalue weighted by molar-refractivity contribution is -0.142. The van der Waals surface area contributed by atoms with Crippen molar-refractivity contribution in [2.45, 2.75) is 65.1 Å². The average Bonchev–Trinajstić information content (AvgIpc) is 3.33. The first-order valence-corrected chi connectivity index (χ1v) is 12.5. The van der Waals surface area contributed by atoms with Gasteiger partial charge >= 0.3 is 6.03 Å². The lowest BCUT2D eigenvalue weighted by Gasteiger charge is -2.56. The summed E-state index contributed by atoms with van der Waals surface area (Å²) in [7, 11) is 0. The lowest BCUT2D eigenvalue weighted by Crippen LogP contribution is -2.58. The number of amides is 3. The van der Waals surface area contributed by atoms with Crippen LogP contribution in [0.25, 0.3) is 0 Å². The van der Waals surface area contributed by atoms with E-state index in [1.54, 1.807) is 24.5 Å². The standard InChI is InChI=1S/C27H36FN3O4/c1-16(25(33)29-15-20-8-5-13-35-20)21-9-11-27(3)12-10-22(17(2)23(27)24(21)32)31-26(34)30-19-7-4-6-18(28)14-19/h4-8,13-14,16-17,21-24,32H,9-12,15H2,1-3H3,(H,29,33)(H2,30,31,34)/t16-,17-,21-,22-,23+,24-,27+/m0/s1. The molecule has 8 heteroatoms. The van der Waals surface area contributed by atoms with Crippen LogP contribution in [0.3, 0.4) is 0 Å². The first-order valence-electron chi connectivity index (χ1n) is 12.5. The number of benzene rings is 1. The summed E-state index contributed by atoms with van der Waals surface area (Å²) >= 11 is 0. The Bertz CT molecular complexity index is 1030. The molecule has 2 saturated carbocycles. The highest BCUT2D eigenvalue weighted by atomic mass is 19.1. The number of anilines is 1. The van der Waals surface area contributed by atoms with E-state index in [1.165, 1.54) is 12.1 Å². The van der Waals surface area contributed by atoms with Crippen LogP contribution >= 0.6 is 0 Å². The van der Waals surface area contributed by atoms with Gasteiger partial charge in [-0.3, -0.25) is 4.79 Å². The second kappa shape index (κ2) is 10.4. The summed E-state index contributed by atoms with van der Waals surface area (Å²) in [6.45, 7) is 6.49. The van der Waals surface area contributed by atoms with Crippen molar-refractivity contribution < 1.29 is 23.5 Å². The van der Waals surface area contributed by atoms with Crippen molar-refractivity contribution in [3.05, 3.63) is 54.2 Å². The molecule has 2 aliphatic carbocycles. The third-order valence-electron chi connectivity index (χ3n) is 8.36. The minimum Gasteiger partial charge on any atom is -0.467 e. The van der Waals surface area contributed by atoms with Crippen molar-refractivity contribution in [2.24, 2.45) is 29.1 Å². The predicted octanol–water partition coefficient (Wildman–Crippen LogP) is 4.68. The monoisotopic (exact) mass is 485 g/mol. The Labute approximate surface area is 205 Å². The summed E-state index contributed by atoms with van der Waals surface area (Å²) in [5.41, 5.74) is 0.347. The number of halogens is 1. The molecule has 4 rings (SSSR count). The van der Waals surface area contributed by atoms with Gasteiger partial charge in [-0.2, -0.15) is 0 Å². The minimum absolute atomic E-state index is 0.0168. The number of furan rings is 1. The summed E-state index contributed by atoms with van der Waals surface area (Å²) in [6, 6.07) is 8.86. The SMILES string of the molecule is C[C@@H]1[C@@H]2[C@@H](O)[C@H]([C@H](C)C(=O)NCc3ccco3)CC[C@]2(C)CC[C@@H]1NC(=O)Nc1cccc(F)c1. The Morgan fingerprint density at radius 2 is 2.00 bits per heavy atom. The Balaban J connectivity index is 1.39. The number of rotatable bonds is 6. The zero-order valence-electron chi connectivity index (χ0n) is 20.6. The number of fused-ring (bicyclic) bond motifs is 1. The van der Waals surface area contributed by atoms with Crippen molar-refractivity contribution in [2.75, 3.05) is 5.32 Å². The number of urea groups is 1. The zero-order chi connectivity index (χ0) is 25.2. The smallest absolute Gasteiger partial charge is 0.319 e. The van der Waals surface area contributed by atoms with Crippen molar-refractivity contribution in [3.8, 4) is 0 Å². The largest absolute Gasteiger partial charge is 0.467 e. The Morgan fingerprint density at radius 1 is 1.23 bits per heavy atom. The fourth-order valence-corrected chi connectivity index (χ4v) is 6.34. The average molecular weight is 486 g/mol. The Hall–Kier alpha value is -2.87. The molecule has 1 heterocycles. The molecule has 7 nitrogen and oxygen atoms in total. The molecule has 2 fully saturated rings. The molecular weight excluding hydrogens is 449 g/mol. The van der Waals surface area contributed by atoms with Crippen LogP contribution in [0, 0.1) is 34.9 Å². The van der Waals surface area contributed by atoms with Crippen LogP contribution in [0.5, 0.6) is 0 Å². The summed E-state index contributed by atoms with van der Waals surface area (Å²) in [5.74, 6) is -0.357. The molecule has 190 valence electrons. The van der Waals surface area contributed by atoms with Crippen LogP contribution in [-0.2, 0) is 11.3 Å². The van der Waals surface area contributed by atoms with Crippen LogP contribution in [0.4, 0.5) is 14.9 Å². The predicted molar refractivity (Wildman–Crippen MR) is 131 cm³/mol. The normalized spacial score (nSPS) is 31.2. The molecule has 2 aromatic rings. The number of carbonyl (C=O) groups excluding carboxylic acids is 2. The van der Waals surface area contributed by atoms with Gasteiger partial charge in [0.05, 0.1) is 18.9 Å². The number of hydrogen-bond acceptors (Lipinski definition) is 4. The van der Waals surface area contributed by atoms with E-state index in [2.05, 4.69) is 29.8 Å². The fourth-order valence-electron chi connectivity index (χ4n) is 6.34. The molecule has 0 bridgehead atoms. The van der Waals surface area contributed by atoms with Gasteiger partial charge in [-0.25, -0.2) is 9.18 Å². The maximum absolute atomic E-state index is 13.5. The van der Waals surface area contributed by atoms with Crippen molar-refractivity contribution >= 4 is 17.6 Å². The van der Waals surface area contributed by atoms with Gasteiger partial charge < -0.3 is 25.5 Å². The number of hydrogen-bond donors (Lipinski definition) is 4. The van der Waals surface area contributed by atoms with Gasteiger partial charge in [-0.15, -0.1) is 0 Å². The van der Waals surface area contributed by atoms with E-state index in [0.29, 0.717) is 18.0 Å². The molecule has 1 aromatic carbocycles. The second-order valence-corrected chi connectivity index (χ2v) is 10.6. The zero-order valence-corrected chi connectivity index (χ0v) is 20.6. The van der Waals surface area contributed by atoms with Gasteiger partial charge in [0, 0.05) is 17.6 Å². The molecule has 0 radical (unpaired) electrons. The maximum atomic E-state index is 13.5. The number of carbonyl (C=O) groups is 2. The lowest BCUT2D eigenvalue weighted by atomic mass is 9.52. The molecule has 0 saturated heterocycles. The van der Waals surface area contributed by atoms with E-state index >= 15 is 0 Å². The Morgan fingerprint density at radius 3 is 2.71 bits per heavy atom. The van der Waals surface area contributed by atoms with Crippen molar-refractivity contribution in [1.29, 1.82) is 0 Å². The first-order chi connectivity index (χ1) is 16.7. The molecular formula is C27H36FN3O4. The van der Waals surface area contributed by atoms with Gasteiger partial charge in [0.25, 0.3) is 0 Å². The van der Waals surface area contributed by atoms with Crippen LogP contribution in [0.1, 0.15) is 52.2 Å². The summed E-state index contributed by atoms with van der Waals surface area (Å²) < 4.78 is 18.7. The van der Waals surface area contributed by atoms with Gasteiger partial charge in [0.15, 0.2) is 0 Å². The highest BCUT2D eigenvalue weighted by Gasteiger charge is 2.53. The first kappa shape index (κ1) is 25.2. The maximum Gasteiger partial charge on any atom is 0.319 e. The van der Waals surface area contributed by atoms with Crippen molar-refractivity contribution in [1.82, 2.24) is 10.6 Å². The Kier molecular flexibility index (Phi) is 7.50. The van der Waals surface area contributed by atoms with Gasteiger partial charge in [-0.05, 0) is 79.2 Å². The van der Waals surface area contributed by atoms with E-state index in [4.69, 9.17) is 4.42 Å². The second-order valence-electron chi connectivity index (χ2n) is 10.6. The van der Waals surface area contributed by atoms with E-state index in [0.717, 1.165) is 25.7 Å². The topological polar surface area (TPSA) is 104 Å². The fraction of sp³-hybridized carbons (Fsp3) is 0.556. The molecule has 1 aromatic heterocycles. The highest BCUT2D eigenvalue weighted by molar-refractivity contribution is 5.89. The molecule has 2 aliphatic rings. The van der Waals surface area contributed by atoms with E-state index < -0.39 is 11.9 Å². The van der Waals surface area contributed by atoms with Crippen LogP contribution < -0.4 is 16.0 Å². The van der Waals surface area contributed by atoms with Crippen LogP contribution in [-0.4, -0.2) is 29.2 Å². The summed E-state index contributed by atoms with van der Waals surface area (Å²) in [4.78, 5) is 25.5. The molecule has 0 spiro atoms. The number of aliphatic hydroxyl groups is 1. The van der Waals surface area contributed by atoms with Gasteiger partial charge in [0.1, 0.15) is 11.6 Å².